The zero-order valence-corrected chi connectivity index (χ0v) is 17.5. The number of halogens is 1. The van der Waals surface area contributed by atoms with Crippen LogP contribution < -0.4 is 10.6 Å². The minimum Gasteiger partial charge on any atom is -0.372 e. The number of anilines is 1. The van der Waals surface area contributed by atoms with Crippen LogP contribution >= 0.6 is 11.6 Å². The van der Waals surface area contributed by atoms with Crippen molar-refractivity contribution in [1.82, 2.24) is 4.57 Å². The van der Waals surface area contributed by atoms with E-state index in [1.807, 2.05) is 37.3 Å². The van der Waals surface area contributed by atoms with Crippen molar-refractivity contribution < 1.29 is 4.79 Å². The van der Waals surface area contributed by atoms with Crippen molar-refractivity contribution in [3.8, 4) is 11.3 Å². The minimum atomic E-state index is -0.386. The van der Waals surface area contributed by atoms with E-state index in [1.54, 1.807) is 0 Å². The minimum absolute atomic E-state index is 0.386. The van der Waals surface area contributed by atoms with E-state index in [2.05, 4.69) is 33.7 Å². The van der Waals surface area contributed by atoms with Crippen molar-refractivity contribution in [1.29, 1.82) is 0 Å². The molecule has 4 nitrogen and oxygen atoms in total. The molecule has 0 spiro atoms. The molecule has 0 unspecified atom stereocenters. The SMILES string of the molecule is Cc1c(C(N)=O)cc(-c2ccc(N3CCCC3)cc2)n1CCc1ccc(Cl)cc1. The van der Waals surface area contributed by atoms with Crippen LogP contribution in [0, 0.1) is 6.92 Å². The lowest BCUT2D eigenvalue weighted by Crippen LogP contribution is -2.17. The van der Waals surface area contributed by atoms with E-state index in [1.165, 1.54) is 24.1 Å². The Hall–Kier alpha value is -2.72. The van der Waals surface area contributed by atoms with Gasteiger partial charge in [-0.1, -0.05) is 35.9 Å². The third-order valence-corrected chi connectivity index (χ3v) is 6.06. The number of primary amides is 1. The van der Waals surface area contributed by atoms with E-state index in [9.17, 15) is 4.79 Å². The van der Waals surface area contributed by atoms with Crippen LogP contribution in [0.15, 0.2) is 54.6 Å². The van der Waals surface area contributed by atoms with Gasteiger partial charge in [-0.25, -0.2) is 0 Å². The van der Waals surface area contributed by atoms with Gasteiger partial charge < -0.3 is 15.2 Å². The van der Waals surface area contributed by atoms with Crippen LogP contribution in [-0.2, 0) is 13.0 Å². The molecule has 0 radical (unpaired) electrons. The molecule has 1 aromatic heterocycles. The van der Waals surface area contributed by atoms with Gasteiger partial charge in [0.05, 0.1) is 5.56 Å². The topological polar surface area (TPSA) is 51.3 Å². The first kappa shape index (κ1) is 19.6. The first-order valence-corrected chi connectivity index (χ1v) is 10.5. The summed E-state index contributed by atoms with van der Waals surface area (Å²) < 4.78 is 2.19. The number of hydrogen-bond acceptors (Lipinski definition) is 2. The Morgan fingerprint density at radius 3 is 2.31 bits per heavy atom. The number of aromatic nitrogens is 1. The van der Waals surface area contributed by atoms with Gasteiger partial charge in [-0.05, 0) is 67.6 Å². The second-order valence-electron chi connectivity index (χ2n) is 7.66. The maximum Gasteiger partial charge on any atom is 0.250 e. The van der Waals surface area contributed by atoms with Gasteiger partial charge in [0.1, 0.15) is 0 Å². The zero-order valence-electron chi connectivity index (χ0n) is 16.7. The molecule has 1 aliphatic heterocycles. The van der Waals surface area contributed by atoms with Gasteiger partial charge in [-0.15, -0.1) is 0 Å². The fourth-order valence-corrected chi connectivity index (χ4v) is 4.26. The number of carbonyl (C=O) groups excluding carboxylic acids is 1. The Bertz CT molecular complexity index is 1000. The van der Waals surface area contributed by atoms with Gasteiger partial charge in [0.25, 0.3) is 5.91 Å². The molecule has 0 atom stereocenters. The third kappa shape index (κ3) is 4.18. The molecular formula is C24H26ClN3O. The Balaban J connectivity index is 1.63. The molecule has 2 aromatic carbocycles. The molecule has 2 N–H and O–H groups in total. The predicted octanol–water partition coefficient (Wildman–Crippen LogP) is 5.06. The molecule has 150 valence electrons. The van der Waals surface area contributed by atoms with Gasteiger partial charge >= 0.3 is 0 Å². The molecule has 1 fully saturated rings. The average Bonchev–Trinajstić information content (AvgIpc) is 3.36. The summed E-state index contributed by atoms with van der Waals surface area (Å²) in [6, 6.07) is 18.5. The summed E-state index contributed by atoms with van der Waals surface area (Å²) in [7, 11) is 0. The number of nitrogens with zero attached hydrogens (tertiary/aromatic N) is 2. The van der Waals surface area contributed by atoms with Crippen LogP contribution in [-0.4, -0.2) is 23.6 Å². The molecule has 0 aliphatic carbocycles. The van der Waals surface area contributed by atoms with E-state index >= 15 is 0 Å². The Morgan fingerprint density at radius 2 is 1.69 bits per heavy atom. The lowest BCUT2D eigenvalue weighted by atomic mass is 10.1. The highest BCUT2D eigenvalue weighted by Gasteiger charge is 2.18. The molecule has 2 heterocycles. The van der Waals surface area contributed by atoms with E-state index in [0.717, 1.165) is 48.0 Å². The molecule has 29 heavy (non-hydrogen) atoms. The number of aryl methyl sites for hydroxylation is 1. The molecule has 4 rings (SSSR count). The van der Waals surface area contributed by atoms with Gasteiger partial charge in [0, 0.05) is 41.7 Å². The molecule has 0 bridgehead atoms. The summed E-state index contributed by atoms with van der Waals surface area (Å²) in [4.78, 5) is 14.4. The third-order valence-electron chi connectivity index (χ3n) is 5.80. The lowest BCUT2D eigenvalue weighted by Gasteiger charge is -2.18. The van der Waals surface area contributed by atoms with E-state index in [4.69, 9.17) is 17.3 Å². The van der Waals surface area contributed by atoms with E-state index in [-0.39, 0.29) is 5.91 Å². The number of hydrogen-bond donors (Lipinski definition) is 1. The number of benzene rings is 2. The number of carbonyl (C=O) groups is 1. The molecule has 3 aromatic rings. The Kier molecular flexibility index (Phi) is 5.63. The van der Waals surface area contributed by atoms with Crippen LogP contribution in [0.3, 0.4) is 0 Å². The summed E-state index contributed by atoms with van der Waals surface area (Å²) >= 11 is 6.00. The van der Waals surface area contributed by atoms with Gasteiger partial charge in [-0.2, -0.15) is 0 Å². The molecule has 1 aliphatic rings. The average molecular weight is 408 g/mol. The van der Waals surface area contributed by atoms with Crippen LogP contribution in [0.4, 0.5) is 5.69 Å². The molecular weight excluding hydrogens is 382 g/mol. The summed E-state index contributed by atoms with van der Waals surface area (Å²) in [6.07, 6.45) is 3.37. The summed E-state index contributed by atoms with van der Waals surface area (Å²) in [5.74, 6) is -0.386. The number of amides is 1. The fraction of sp³-hybridized carbons (Fsp3) is 0.292. The number of nitrogens with two attached hydrogens (primary N) is 1. The van der Waals surface area contributed by atoms with Gasteiger partial charge in [0.2, 0.25) is 0 Å². The highest BCUT2D eigenvalue weighted by Crippen LogP contribution is 2.29. The largest absolute Gasteiger partial charge is 0.372 e. The smallest absolute Gasteiger partial charge is 0.250 e. The highest BCUT2D eigenvalue weighted by molar-refractivity contribution is 6.30. The van der Waals surface area contributed by atoms with Crippen LogP contribution in [0.25, 0.3) is 11.3 Å². The first-order chi connectivity index (χ1) is 14.0. The second kappa shape index (κ2) is 8.34. The quantitative estimate of drug-likeness (QED) is 0.621. The van der Waals surface area contributed by atoms with Crippen molar-refractivity contribution in [2.45, 2.75) is 32.7 Å². The van der Waals surface area contributed by atoms with E-state index < -0.39 is 0 Å². The molecule has 1 saturated heterocycles. The van der Waals surface area contributed by atoms with Crippen LogP contribution in [0.5, 0.6) is 0 Å². The van der Waals surface area contributed by atoms with Crippen molar-refractivity contribution in [2.24, 2.45) is 5.73 Å². The Labute approximate surface area is 176 Å². The standard InChI is InChI=1S/C24H26ClN3O/c1-17-22(24(26)29)16-23(28(17)15-12-18-4-8-20(25)9-5-18)19-6-10-21(11-7-19)27-13-2-3-14-27/h4-11,16H,2-3,12-15H2,1H3,(H2,26,29). The first-order valence-electron chi connectivity index (χ1n) is 10.1. The summed E-state index contributed by atoms with van der Waals surface area (Å²) in [6.45, 7) is 4.98. The molecule has 0 saturated carbocycles. The fourth-order valence-electron chi connectivity index (χ4n) is 4.13. The van der Waals surface area contributed by atoms with Crippen LogP contribution in [0.2, 0.25) is 5.02 Å². The van der Waals surface area contributed by atoms with Crippen molar-refractivity contribution in [2.75, 3.05) is 18.0 Å². The predicted molar refractivity (Wildman–Crippen MR) is 120 cm³/mol. The summed E-state index contributed by atoms with van der Waals surface area (Å²) in [5.41, 5.74) is 11.7. The van der Waals surface area contributed by atoms with E-state index in [0.29, 0.717) is 5.56 Å². The van der Waals surface area contributed by atoms with Gasteiger partial charge in [-0.3, -0.25) is 4.79 Å². The van der Waals surface area contributed by atoms with Crippen molar-refractivity contribution >= 4 is 23.2 Å². The molecule has 1 amide bonds. The van der Waals surface area contributed by atoms with Crippen LogP contribution in [0.1, 0.15) is 34.5 Å². The maximum atomic E-state index is 11.9. The second-order valence-corrected chi connectivity index (χ2v) is 8.10. The van der Waals surface area contributed by atoms with Crippen molar-refractivity contribution in [3.05, 3.63) is 76.4 Å². The lowest BCUT2D eigenvalue weighted by molar-refractivity contribution is 0.0999. The van der Waals surface area contributed by atoms with Gasteiger partial charge in [0.15, 0.2) is 0 Å². The summed E-state index contributed by atoms with van der Waals surface area (Å²) in [5, 5.41) is 0.737. The highest BCUT2D eigenvalue weighted by atomic mass is 35.5. The zero-order chi connectivity index (χ0) is 20.4. The maximum absolute atomic E-state index is 11.9. The monoisotopic (exact) mass is 407 g/mol. The normalized spacial score (nSPS) is 13.8. The van der Waals surface area contributed by atoms with Crippen molar-refractivity contribution in [3.63, 3.8) is 0 Å². The number of rotatable bonds is 6. The Morgan fingerprint density at radius 1 is 1.03 bits per heavy atom. The molecule has 5 heteroatoms.